The highest BCUT2D eigenvalue weighted by Crippen LogP contribution is 2.48. The van der Waals surface area contributed by atoms with Crippen LogP contribution in [0.15, 0.2) is 30.3 Å². The number of rotatable bonds is 3. The van der Waals surface area contributed by atoms with Crippen LogP contribution in [-0.2, 0) is 9.59 Å². The van der Waals surface area contributed by atoms with E-state index in [4.69, 9.17) is 0 Å². The van der Waals surface area contributed by atoms with Crippen LogP contribution >= 0.6 is 0 Å². The Labute approximate surface area is 113 Å². The molecular formula is C15H18N2O2. The zero-order valence-corrected chi connectivity index (χ0v) is 10.9. The summed E-state index contributed by atoms with van der Waals surface area (Å²) in [5, 5.41) is 0. The highest BCUT2D eigenvalue weighted by Gasteiger charge is 2.45. The van der Waals surface area contributed by atoms with E-state index in [1.807, 2.05) is 23.1 Å². The molecule has 2 fully saturated rings. The summed E-state index contributed by atoms with van der Waals surface area (Å²) >= 11 is 0. The third-order valence-corrected chi connectivity index (χ3v) is 4.11. The maximum atomic E-state index is 12.4. The van der Waals surface area contributed by atoms with Crippen molar-refractivity contribution >= 4 is 12.3 Å². The number of benzene rings is 1. The van der Waals surface area contributed by atoms with Crippen molar-refractivity contribution in [2.24, 2.45) is 5.92 Å². The van der Waals surface area contributed by atoms with E-state index >= 15 is 0 Å². The molecule has 100 valence electrons. The average molecular weight is 258 g/mol. The van der Waals surface area contributed by atoms with Crippen LogP contribution in [0.5, 0.6) is 0 Å². The van der Waals surface area contributed by atoms with E-state index in [0.29, 0.717) is 32.1 Å². The molecule has 1 aliphatic heterocycles. The van der Waals surface area contributed by atoms with Gasteiger partial charge in [0.05, 0.1) is 0 Å². The molecule has 4 heteroatoms. The second-order valence-electron chi connectivity index (χ2n) is 5.33. The molecule has 1 saturated carbocycles. The lowest BCUT2D eigenvalue weighted by Crippen LogP contribution is -2.48. The Balaban J connectivity index is 1.57. The first-order valence-electron chi connectivity index (χ1n) is 6.82. The zero-order valence-electron chi connectivity index (χ0n) is 10.9. The Bertz CT molecular complexity index is 466. The molecular weight excluding hydrogens is 240 g/mol. The molecule has 4 nitrogen and oxygen atoms in total. The summed E-state index contributed by atoms with van der Waals surface area (Å²) in [4.78, 5) is 26.6. The molecule has 1 saturated heterocycles. The van der Waals surface area contributed by atoms with Crippen molar-refractivity contribution in [2.75, 3.05) is 26.2 Å². The van der Waals surface area contributed by atoms with Gasteiger partial charge in [0.1, 0.15) is 0 Å². The molecule has 2 aliphatic rings. The molecule has 0 N–H and O–H groups in total. The van der Waals surface area contributed by atoms with Crippen LogP contribution in [0.2, 0.25) is 0 Å². The zero-order chi connectivity index (χ0) is 13.2. The summed E-state index contributed by atoms with van der Waals surface area (Å²) in [6.45, 7) is 2.68. The molecule has 1 aromatic carbocycles. The fourth-order valence-electron chi connectivity index (χ4n) is 2.82. The van der Waals surface area contributed by atoms with Crippen LogP contribution in [0.3, 0.4) is 0 Å². The van der Waals surface area contributed by atoms with Gasteiger partial charge < -0.3 is 9.80 Å². The molecule has 0 radical (unpaired) electrons. The van der Waals surface area contributed by atoms with E-state index in [1.54, 1.807) is 4.90 Å². The largest absolute Gasteiger partial charge is 0.342 e. The lowest BCUT2D eigenvalue weighted by molar-refractivity contribution is -0.136. The minimum absolute atomic E-state index is 0.158. The summed E-state index contributed by atoms with van der Waals surface area (Å²) in [6.07, 6.45) is 1.84. The first-order valence-corrected chi connectivity index (χ1v) is 6.82. The maximum absolute atomic E-state index is 12.4. The predicted octanol–water partition coefficient (Wildman–Crippen LogP) is 1.09. The molecule has 3 rings (SSSR count). The van der Waals surface area contributed by atoms with Gasteiger partial charge in [-0.2, -0.15) is 0 Å². The molecule has 2 amide bonds. The average Bonchev–Trinajstić information content (AvgIpc) is 3.28. The van der Waals surface area contributed by atoms with E-state index in [0.717, 1.165) is 12.8 Å². The van der Waals surface area contributed by atoms with Crippen LogP contribution in [0.4, 0.5) is 0 Å². The summed E-state index contributed by atoms with van der Waals surface area (Å²) in [5.41, 5.74) is 1.27. The fraction of sp³-hybridized carbons (Fsp3) is 0.467. The second kappa shape index (κ2) is 5.03. The highest BCUT2D eigenvalue weighted by atomic mass is 16.2. The Morgan fingerprint density at radius 1 is 1.11 bits per heavy atom. The van der Waals surface area contributed by atoms with Gasteiger partial charge in [-0.3, -0.25) is 9.59 Å². The first-order chi connectivity index (χ1) is 9.29. The third kappa shape index (κ3) is 2.48. The molecule has 1 aromatic rings. The Morgan fingerprint density at radius 2 is 1.79 bits per heavy atom. The summed E-state index contributed by atoms with van der Waals surface area (Å²) in [5.74, 6) is 0.822. The van der Waals surface area contributed by atoms with Crippen LogP contribution in [0, 0.1) is 5.92 Å². The summed E-state index contributed by atoms with van der Waals surface area (Å²) in [7, 11) is 0. The Kier molecular flexibility index (Phi) is 3.23. The molecule has 2 unspecified atom stereocenters. The van der Waals surface area contributed by atoms with E-state index in [2.05, 4.69) is 12.1 Å². The third-order valence-electron chi connectivity index (χ3n) is 4.11. The van der Waals surface area contributed by atoms with Crippen LogP contribution in [0.1, 0.15) is 17.9 Å². The van der Waals surface area contributed by atoms with Crippen LogP contribution < -0.4 is 0 Å². The smallest absolute Gasteiger partial charge is 0.226 e. The van der Waals surface area contributed by atoms with E-state index in [9.17, 15) is 9.59 Å². The minimum Gasteiger partial charge on any atom is -0.342 e. The number of carbonyl (C=O) groups is 2. The number of carbonyl (C=O) groups excluding carboxylic acids is 2. The van der Waals surface area contributed by atoms with E-state index in [1.165, 1.54) is 5.56 Å². The molecule has 1 heterocycles. The van der Waals surface area contributed by atoms with Gasteiger partial charge in [0.15, 0.2) is 0 Å². The molecule has 2 atom stereocenters. The normalized spacial score (nSPS) is 26.1. The fourth-order valence-corrected chi connectivity index (χ4v) is 2.82. The van der Waals surface area contributed by atoms with Gasteiger partial charge in [0.2, 0.25) is 12.3 Å². The van der Waals surface area contributed by atoms with Crippen molar-refractivity contribution in [1.82, 2.24) is 9.80 Å². The number of nitrogens with zero attached hydrogens (tertiary/aromatic N) is 2. The van der Waals surface area contributed by atoms with Gasteiger partial charge in [0, 0.05) is 32.1 Å². The number of amides is 2. The van der Waals surface area contributed by atoms with Gasteiger partial charge in [-0.1, -0.05) is 30.3 Å². The van der Waals surface area contributed by atoms with Crippen LogP contribution in [-0.4, -0.2) is 48.3 Å². The van der Waals surface area contributed by atoms with E-state index in [-0.39, 0.29) is 11.8 Å². The lowest BCUT2D eigenvalue weighted by Gasteiger charge is -2.32. The van der Waals surface area contributed by atoms with Gasteiger partial charge in [-0.05, 0) is 17.9 Å². The Morgan fingerprint density at radius 3 is 2.42 bits per heavy atom. The SMILES string of the molecule is O=CN1CCN(C(=O)C2CC2c2ccccc2)CC1. The molecule has 1 aliphatic carbocycles. The number of piperazine rings is 1. The standard InChI is InChI=1S/C15H18N2O2/c18-11-16-6-8-17(9-7-16)15(19)14-10-13(14)12-4-2-1-3-5-12/h1-5,11,13-14H,6-10H2. The van der Waals surface area contributed by atoms with Crippen molar-refractivity contribution in [1.29, 1.82) is 0 Å². The first kappa shape index (κ1) is 12.2. The minimum atomic E-state index is 0.158. The summed E-state index contributed by atoms with van der Waals surface area (Å²) in [6, 6.07) is 10.3. The maximum Gasteiger partial charge on any atom is 0.226 e. The molecule has 0 bridgehead atoms. The van der Waals surface area contributed by atoms with E-state index < -0.39 is 0 Å². The van der Waals surface area contributed by atoms with Gasteiger partial charge in [-0.25, -0.2) is 0 Å². The number of hydrogen-bond donors (Lipinski definition) is 0. The van der Waals surface area contributed by atoms with Gasteiger partial charge in [-0.15, -0.1) is 0 Å². The molecule has 0 spiro atoms. The van der Waals surface area contributed by atoms with Crippen molar-refractivity contribution in [3.63, 3.8) is 0 Å². The van der Waals surface area contributed by atoms with Gasteiger partial charge >= 0.3 is 0 Å². The van der Waals surface area contributed by atoms with Crippen molar-refractivity contribution in [3.05, 3.63) is 35.9 Å². The second-order valence-corrected chi connectivity index (χ2v) is 5.33. The Hall–Kier alpha value is -1.84. The van der Waals surface area contributed by atoms with Crippen molar-refractivity contribution < 1.29 is 9.59 Å². The predicted molar refractivity (Wildman–Crippen MR) is 71.5 cm³/mol. The quantitative estimate of drug-likeness (QED) is 0.762. The lowest BCUT2D eigenvalue weighted by atomic mass is 10.1. The van der Waals surface area contributed by atoms with Crippen molar-refractivity contribution in [2.45, 2.75) is 12.3 Å². The van der Waals surface area contributed by atoms with Crippen molar-refractivity contribution in [3.8, 4) is 0 Å². The topological polar surface area (TPSA) is 40.6 Å². The highest BCUT2D eigenvalue weighted by molar-refractivity contribution is 5.83. The molecule has 19 heavy (non-hydrogen) atoms. The van der Waals surface area contributed by atoms with Crippen LogP contribution in [0.25, 0.3) is 0 Å². The number of hydrogen-bond acceptors (Lipinski definition) is 2. The molecule has 0 aromatic heterocycles. The summed E-state index contributed by atoms with van der Waals surface area (Å²) < 4.78 is 0. The monoisotopic (exact) mass is 258 g/mol. The van der Waals surface area contributed by atoms with Gasteiger partial charge in [0.25, 0.3) is 0 Å².